The Kier molecular flexibility index (Phi) is 5.27. The Morgan fingerprint density at radius 2 is 1.93 bits per heavy atom. The Balaban J connectivity index is 1.91. The summed E-state index contributed by atoms with van der Waals surface area (Å²) >= 11 is 1.16. The molecule has 0 bridgehead atoms. The molecule has 0 fully saturated rings. The highest BCUT2D eigenvalue weighted by Crippen LogP contribution is 2.35. The number of benzene rings is 2. The van der Waals surface area contributed by atoms with E-state index in [9.17, 15) is 14.3 Å². The van der Waals surface area contributed by atoms with Gasteiger partial charge in [0.05, 0.1) is 19.9 Å². The number of hydrogen-bond acceptors (Lipinski definition) is 6. The Morgan fingerprint density at radius 1 is 1.19 bits per heavy atom. The number of aromatic nitrogens is 1. The average Bonchev–Trinajstić information content (AvgIpc) is 3.06. The van der Waals surface area contributed by atoms with E-state index in [0.29, 0.717) is 27.1 Å². The smallest absolute Gasteiger partial charge is 0.267 e. The number of anilines is 1. The quantitative estimate of drug-likeness (QED) is 0.639. The highest BCUT2D eigenvalue weighted by Gasteiger charge is 2.20. The number of phenolic OH excluding ortho intramolecular Hbond substituents is 1. The third kappa shape index (κ3) is 3.70. The van der Waals surface area contributed by atoms with Crippen LogP contribution in [0.1, 0.15) is 15.4 Å². The van der Waals surface area contributed by atoms with Gasteiger partial charge >= 0.3 is 0 Å². The first-order valence-corrected chi connectivity index (χ1v) is 8.75. The van der Waals surface area contributed by atoms with E-state index in [1.807, 2.05) is 6.07 Å². The first kappa shape index (κ1) is 18.7. The Bertz CT molecular complexity index is 983. The molecule has 1 amide bonds. The molecule has 27 heavy (non-hydrogen) atoms. The van der Waals surface area contributed by atoms with Crippen LogP contribution in [-0.4, -0.2) is 30.2 Å². The highest BCUT2D eigenvalue weighted by molar-refractivity contribution is 7.17. The molecule has 1 heterocycles. The molecule has 6 nitrogen and oxygen atoms in total. The van der Waals surface area contributed by atoms with Crippen LogP contribution in [-0.2, 0) is 0 Å². The van der Waals surface area contributed by atoms with Crippen LogP contribution < -0.4 is 14.8 Å². The number of nitrogens with one attached hydrogen (secondary N) is 1. The second kappa shape index (κ2) is 7.63. The molecule has 140 valence electrons. The molecular weight excluding hydrogens is 371 g/mol. The minimum Gasteiger partial charge on any atom is -0.506 e. The van der Waals surface area contributed by atoms with Crippen molar-refractivity contribution in [1.82, 2.24) is 4.98 Å². The molecule has 0 saturated carbocycles. The molecule has 0 spiro atoms. The first-order chi connectivity index (χ1) is 12.9. The molecule has 0 aliphatic rings. The third-order valence-corrected chi connectivity index (χ3v) is 5.07. The van der Waals surface area contributed by atoms with Crippen LogP contribution in [0.25, 0.3) is 10.6 Å². The van der Waals surface area contributed by atoms with Gasteiger partial charge in [-0.05, 0) is 37.3 Å². The maximum Gasteiger partial charge on any atom is 0.267 e. The molecule has 0 radical (unpaired) electrons. The van der Waals surface area contributed by atoms with Crippen molar-refractivity contribution in [2.24, 2.45) is 0 Å². The number of amides is 1. The van der Waals surface area contributed by atoms with Gasteiger partial charge in [-0.25, -0.2) is 9.37 Å². The number of ether oxygens (including phenoxy) is 2. The summed E-state index contributed by atoms with van der Waals surface area (Å²) in [5, 5.41) is 12.8. The number of phenols is 1. The number of halogens is 1. The SMILES string of the molecule is COc1ccc(-c2nc(C)c(C(=O)Nc3c(O)cccc3F)s2)cc1OC. The van der Waals surface area contributed by atoms with Gasteiger partial charge in [-0.3, -0.25) is 4.79 Å². The van der Waals surface area contributed by atoms with Crippen molar-refractivity contribution in [3.8, 4) is 27.8 Å². The second-order valence-corrected chi connectivity index (χ2v) is 6.59. The Morgan fingerprint density at radius 3 is 2.59 bits per heavy atom. The molecule has 0 atom stereocenters. The molecule has 2 aromatic carbocycles. The van der Waals surface area contributed by atoms with E-state index < -0.39 is 11.7 Å². The summed E-state index contributed by atoms with van der Waals surface area (Å²) < 4.78 is 24.3. The fourth-order valence-corrected chi connectivity index (χ4v) is 3.46. The number of hydrogen-bond donors (Lipinski definition) is 2. The lowest BCUT2D eigenvalue weighted by Crippen LogP contribution is -2.12. The van der Waals surface area contributed by atoms with E-state index in [4.69, 9.17) is 9.47 Å². The molecule has 0 saturated heterocycles. The van der Waals surface area contributed by atoms with E-state index in [0.717, 1.165) is 23.0 Å². The van der Waals surface area contributed by atoms with E-state index >= 15 is 0 Å². The fraction of sp³-hybridized carbons (Fsp3) is 0.158. The van der Waals surface area contributed by atoms with Crippen LogP contribution in [0.3, 0.4) is 0 Å². The molecule has 3 rings (SSSR count). The molecule has 0 aliphatic heterocycles. The molecular formula is C19H17FN2O4S. The van der Waals surface area contributed by atoms with Gasteiger partial charge in [0.25, 0.3) is 5.91 Å². The van der Waals surface area contributed by atoms with Gasteiger partial charge in [0, 0.05) is 5.56 Å². The minimum atomic E-state index is -0.717. The third-order valence-electron chi connectivity index (χ3n) is 3.86. The number of thiazole rings is 1. The van der Waals surface area contributed by atoms with E-state index in [2.05, 4.69) is 10.3 Å². The monoisotopic (exact) mass is 388 g/mol. The maximum atomic E-state index is 13.8. The maximum absolute atomic E-state index is 13.8. The van der Waals surface area contributed by atoms with Gasteiger partial charge in [0.15, 0.2) is 17.3 Å². The van der Waals surface area contributed by atoms with Gasteiger partial charge in [-0.2, -0.15) is 0 Å². The lowest BCUT2D eigenvalue weighted by molar-refractivity contribution is 0.102. The van der Waals surface area contributed by atoms with E-state index in [1.165, 1.54) is 19.2 Å². The predicted octanol–water partition coefficient (Wildman–Crippen LogP) is 4.23. The molecule has 0 aliphatic carbocycles. The van der Waals surface area contributed by atoms with Crippen LogP contribution in [0.5, 0.6) is 17.2 Å². The van der Waals surface area contributed by atoms with Crippen molar-refractivity contribution in [3.63, 3.8) is 0 Å². The van der Waals surface area contributed by atoms with Crippen LogP contribution >= 0.6 is 11.3 Å². The second-order valence-electron chi connectivity index (χ2n) is 5.59. The normalized spacial score (nSPS) is 10.5. The molecule has 2 N–H and O–H groups in total. The standard InChI is InChI=1S/C19H17FN2O4S/c1-10-17(18(24)22-16-12(20)5-4-6-13(16)23)27-19(21-10)11-7-8-14(25-2)15(9-11)26-3/h4-9,23H,1-3H3,(H,22,24). The summed E-state index contributed by atoms with van der Waals surface area (Å²) in [5.74, 6) is -0.471. The zero-order chi connectivity index (χ0) is 19.6. The van der Waals surface area contributed by atoms with Crippen LogP contribution in [0.2, 0.25) is 0 Å². The lowest BCUT2D eigenvalue weighted by Gasteiger charge is -2.08. The zero-order valence-corrected chi connectivity index (χ0v) is 15.7. The van der Waals surface area contributed by atoms with Gasteiger partial charge < -0.3 is 19.9 Å². The van der Waals surface area contributed by atoms with Crippen molar-refractivity contribution in [2.45, 2.75) is 6.92 Å². The summed E-state index contributed by atoms with van der Waals surface area (Å²) in [4.78, 5) is 17.3. The van der Waals surface area contributed by atoms with Crippen LogP contribution in [0.15, 0.2) is 36.4 Å². The summed E-state index contributed by atoms with van der Waals surface area (Å²) in [6, 6.07) is 9.14. The van der Waals surface area contributed by atoms with Crippen LogP contribution in [0, 0.1) is 12.7 Å². The van der Waals surface area contributed by atoms with Gasteiger partial charge in [-0.1, -0.05) is 6.07 Å². The van der Waals surface area contributed by atoms with Crippen molar-refractivity contribution in [1.29, 1.82) is 0 Å². The predicted molar refractivity (Wildman–Crippen MR) is 101 cm³/mol. The number of aryl methyl sites for hydroxylation is 1. The molecule has 8 heteroatoms. The molecule has 0 unspecified atom stereocenters. The summed E-state index contributed by atoms with van der Waals surface area (Å²) in [6.07, 6.45) is 0. The molecule has 1 aromatic heterocycles. The summed E-state index contributed by atoms with van der Waals surface area (Å²) in [7, 11) is 3.08. The van der Waals surface area contributed by atoms with Crippen LogP contribution in [0.4, 0.5) is 10.1 Å². The number of rotatable bonds is 5. The number of methoxy groups -OCH3 is 2. The number of carbonyl (C=O) groups excluding carboxylic acids is 1. The average molecular weight is 388 g/mol. The van der Waals surface area contributed by atoms with Crippen molar-refractivity contribution >= 4 is 22.9 Å². The lowest BCUT2D eigenvalue weighted by atomic mass is 10.2. The highest BCUT2D eigenvalue weighted by atomic mass is 32.1. The number of nitrogens with zero attached hydrogens (tertiary/aromatic N) is 1. The fourth-order valence-electron chi connectivity index (χ4n) is 2.51. The Hall–Kier alpha value is -3.13. The number of aromatic hydroxyl groups is 1. The van der Waals surface area contributed by atoms with Crippen molar-refractivity contribution < 1.29 is 23.8 Å². The van der Waals surface area contributed by atoms with E-state index in [1.54, 1.807) is 26.2 Å². The largest absolute Gasteiger partial charge is 0.506 e. The number of para-hydroxylation sites is 1. The number of carbonyl (C=O) groups is 1. The van der Waals surface area contributed by atoms with Gasteiger partial charge in [0.1, 0.15) is 21.3 Å². The zero-order valence-electron chi connectivity index (χ0n) is 14.9. The minimum absolute atomic E-state index is 0.261. The summed E-state index contributed by atoms with van der Waals surface area (Å²) in [6.45, 7) is 1.69. The molecule has 3 aromatic rings. The summed E-state index contributed by atoms with van der Waals surface area (Å²) in [5.41, 5.74) is 0.995. The van der Waals surface area contributed by atoms with Crippen molar-refractivity contribution in [2.75, 3.05) is 19.5 Å². The topological polar surface area (TPSA) is 80.7 Å². The first-order valence-electron chi connectivity index (χ1n) is 7.93. The van der Waals surface area contributed by atoms with Crippen molar-refractivity contribution in [3.05, 3.63) is 52.8 Å². The van der Waals surface area contributed by atoms with E-state index in [-0.39, 0.29) is 11.4 Å². The van der Waals surface area contributed by atoms with Gasteiger partial charge in [0.2, 0.25) is 0 Å². The Labute approximate surface area is 159 Å². The van der Waals surface area contributed by atoms with Gasteiger partial charge in [-0.15, -0.1) is 11.3 Å².